The van der Waals surface area contributed by atoms with E-state index in [1.54, 1.807) is 12.1 Å². The Morgan fingerprint density at radius 3 is 2.55 bits per heavy atom. The number of benzene rings is 3. The summed E-state index contributed by atoms with van der Waals surface area (Å²) in [6.45, 7) is 0.759. The Kier molecular flexibility index (Phi) is 6.86. The first kappa shape index (κ1) is 21.8. The van der Waals surface area contributed by atoms with E-state index in [-0.39, 0.29) is 11.8 Å². The zero-order valence-corrected chi connectivity index (χ0v) is 18.9. The predicted molar refractivity (Wildman–Crippen MR) is 129 cm³/mol. The Balaban J connectivity index is 1.35. The molecule has 4 rings (SSSR count). The molecule has 0 aliphatic carbocycles. The highest BCUT2D eigenvalue weighted by atomic mass is 35.5. The molecule has 0 fully saturated rings. The fraction of sp³-hybridized carbons (Fsp3) is 0.167. The monoisotopic (exact) mass is 470 g/mol. The van der Waals surface area contributed by atoms with Gasteiger partial charge in [-0.2, -0.15) is 0 Å². The van der Waals surface area contributed by atoms with Crippen LogP contribution in [0.2, 0.25) is 10.0 Å². The number of carbonyl (C=O) groups is 2. The lowest BCUT2D eigenvalue weighted by molar-refractivity contribution is -0.116. The van der Waals surface area contributed by atoms with Gasteiger partial charge in [0.1, 0.15) is 0 Å². The second kappa shape index (κ2) is 9.77. The lowest BCUT2D eigenvalue weighted by Crippen LogP contribution is -2.36. The first-order chi connectivity index (χ1) is 15.0. The Hall–Kier alpha value is -2.47. The maximum absolute atomic E-state index is 12.8. The number of halogens is 2. The second-order valence-corrected chi connectivity index (χ2v) is 9.06. The van der Waals surface area contributed by atoms with Crippen molar-refractivity contribution >= 4 is 58.2 Å². The molecule has 0 radical (unpaired) electrons. The molecule has 3 aromatic carbocycles. The lowest BCUT2D eigenvalue weighted by atomic mass is 10.0. The van der Waals surface area contributed by atoms with Crippen molar-refractivity contribution in [3.8, 4) is 0 Å². The third-order valence-corrected chi connectivity index (χ3v) is 6.61. The van der Waals surface area contributed by atoms with Crippen LogP contribution in [0.5, 0.6) is 0 Å². The van der Waals surface area contributed by atoms with Crippen LogP contribution < -0.4 is 10.2 Å². The van der Waals surface area contributed by atoms with E-state index in [9.17, 15) is 9.59 Å². The number of thioether (sulfide) groups is 1. The number of para-hydroxylation sites is 1. The van der Waals surface area contributed by atoms with Crippen molar-refractivity contribution in [3.05, 3.63) is 87.9 Å². The van der Waals surface area contributed by atoms with Gasteiger partial charge in [0.15, 0.2) is 0 Å². The highest BCUT2D eigenvalue weighted by molar-refractivity contribution is 8.00. The van der Waals surface area contributed by atoms with Crippen molar-refractivity contribution in [2.24, 2.45) is 0 Å². The summed E-state index contributed by atoms with van der Waals surface area (Å²) in [6.07, 6.45) is 2.00. The minimum Gasteiger partial charge on any atom is -0.322 e. The average Bonchev–Trinajstić information content (AvgIpc) is 2.78. The van der Waals surface area contributed by atoms with Gasteiger partial charge >= 0.3 is 0 Å². The fourth-order valence-electron chi connectivity index (χ4n) is 3.52. The van der Waals surface area contributed by atoms with Gasteiger partial charge in [-0.25, -0.2) is 0 Å². The van der Waals surface area contributed by atoms with E-state index >= 15 is 0 Å². The van der Waals surface area contributed by atoms with E-state index in [2.05, 4.69) is 11.4 Å². The molecule has 3 aromatic rings. The molecule has 1 heterocycles. The number of nitrogens with one attached hydrogen (secondary N) is 1. The quantitative estimate of drug-likeness (QED) is 0.443. The topological polar surface area (TPSA) is 49.4 Å². The molecule has 1 aliphatic rings. The molecule has 0 bridgehead atoms. The van der Waals surface area contributed by atoms with Gasteiger partial charge in [0.2, 0.25) is 5.91 Å². The smallest absolute Gasteiger partial charge is 0.257 e. The number of hydrogen-bond acceptors (Lipinski definition) is 3. The summed E-state index contributed by atoms with van der Waals surface area (Å²) in [5, 5.41) is 3.60. The summed E-state index contributed by atoms with van der Waals surface area (Å²) in [5.41, 5.74) is 3.26. The Morgan fingerprint density at radius 2 is 1.77 bits per heavy atom. The molecule has 0 saturated heterocycles. The number of hydrogen-bond donors (Lipinski definition) is 1. The summed E-state index contributed by atoms with van der Waals surface area (Å²) in [7, 11) is 0. The molecular formula is C24H20Cl2N2O2S. The van der Waals surface area contributed by atoms with Crippen LogP contribution >= 0.6 is 35.0 Å². The fourth-order valence-corrected chi connectivity index (χ4v) is 4.79. The van der Waals surface area contributed by atoms with Gasteiger partial charge in [-0.05, 0) is 66.9 Å². The second-order valence-electron chi connectivity index (χ2n) is 7.17. The van der Waals surface area contributed by atoms with Gasteiger partial charge in [-0.15, -0.1) is 11.8 Å². The molecule has 2 amide bonds. The SMILES string of the molecule is O=C(Nc1ccc(SCC(=O)N2CCCc3ccccc32)cc1)c1ccc(Cl)cc1Cl. The van der Waals surface area contributed by atoms with E-state index in [1.165, 1.54) is 23.4 Å². The maximum atomic E-state index is 12.8. The highest BCUT2D eigenvalue weighted by Gasteiger charge is 2.22. The Morgan fingerprint density at radius 1 is 1.00 bits per heavy atom. The van der Waals surface area contributed by atoms with E-state index in [0.717, 1.165) is 30.0 Å². The normalized spacial score (nSPS) is 12.9. The molecule has 0 saturated carbocycles. The van der Waals surface area contributed by atoms with Crippen LogP contribution in [0.3, 0.4) is 0 Å². The van der Waals surface area contributed by atoms with Gasteiger partial charge in [-0.1, -0.05) is 41.4 Å². The molecule has 0 aromatic heterocycles. The van der Waals surface area contributed by atoms with Crippen molar-refractivity contribution in [2.75, 3.05) is 22.5 Å². The van der Waals surface area contributed by atoms with Gasteiger partial charge in [0.05, 0.1) is 16.3 Å². The summed E-state index contributed by atoms with van der Waals surface area (Å²) >= 11 is 13.5. The van der Waals surface area contributed by atoms with Crippen LogP contribution in [0.15, 0.2) is 71.6 Å². The minimum atomic E-state index is -0.305. The summed E-state index contributed by atoms with van der Waals surface area (Å²) in [6, 6.07) is 20.2. The Bertz CT molecular complexity index is 1120. The number of anilines is 2. The number of amides is 2. The molecule has 158 valence electrons. The van der Waals surface area contributed by atoms with E-state index in [1.807, 2.05) is 47.4 Å². The molecule has 1 aliphatic heterocycles. The highest BCUT2D eigenvalue weighted by Crippen LogP contribution is 2.29. The van der Waals surface area contributed by atoms with Gasteiger partial charge in [-0.3, -0.25) is 9.59 Å². The molecule has 0 unspecified atom stereocenters. The van der Waals surface area contributed by atoms with Gasteiger partial charge in [0.25, 0.3) is 5.91 Å². The lowest BCUT2D eigenvalue weighted by Gasteiger charge is -2.29. The molecular weight excluding hydrogens is 451 g/mol. The van der Waals surface area contributed by atoms with E-state index in [4.69, 9.17) is 23.2 Å². The zero-order chi connectivity index (χ0) is 21.8. The number of nitrogens with zero attached hydrogens (tertiary/aromatic N) is 1. The number of rotatable bonds is 5. The molecule has 7 heteroatoms. The predicted octanol–water partition coefficient (Wildman–Crippen LogP) is 6.32. The standard InChI is InChI=1S/C24H20Cl2N2O2S/c25-17-7-12-20(21(26)14-17)24(30)27-18-8-10-19(11-9-18)31-15-23(29)28-13-3-5-16-4-1-2-6-22(16)28/h1-2,4,6-12,14H,3,5,13,15H2,(H,27,30). The van der Waals surface area contributed by atoms with Crippen molar-refractivity contribution < 1.29 is 9.59 Å². The van der Waals surface area contributed by atoms with Crippen LogP contribution in [0, 0.1) is 0 Å². The minimum absolute atomic E-state index is 0.104. The molecule has 4 nitrogen and oxygen atoms in total. The van der Waals surface area contributed by atoms with E-state index in [0.29, 0.717) is 27.0 Å². The molecule has 31 heavy (non-hydrogen) atoms. The van der Waals surface area contributed by atoms with Crippen molar-refractivity contribution in [3.63, 3.8) is 0 Å². The van der Waals surface area contributed by atoms with Crippen molar-refractivity contribution in [1.82, 2.24) is 0 Å². The van der Waals surface area contributed by atoms with Crippen LogP contribution in [0.25, 0.3) is 0 Å². The first-order valence-corrected chi connectivity index (χ1v) is 11.6. The molecule has 1 N–H and O–H groups in total. The van der Waals surface area contributed by atoms with Crippen molar-refractivity contribution in [1.29, 1.82) is 0 Å². The summed E-state index contributed by atoms with van der Waals surface area (Å²) in [4.78, 5) is 28.1. The third-order valence-electron chi connectivity index (χ3n) is 5.06. The first-order valence-electron chi connectivity index (χ1n) is 9.89. The molecule has 0 atom stereocenters. The summed E-state index contributed by atoms with van der Waals surface area (Å²) in [5.74, 6) is 0.161. The zero-order valence-electron chi connectivity index (χ0n) is 16.6. The van der Waals surface area contributed by atoms with Crippen LogP contribution in [-0.2, 0) is 11.2 Å². The summed E-state index contributed by atoms with van der Waals surface area (Å²) < 4.78 is 0. The third kappa shape index (κ3) is 5.24. The Labute approximate surface area is 195 Å². The average molecular weight is 471 g/mol. The number of aryl methyl sites for hydroxylation is 1. The van der Waals surface area contributed by atoms with Crippen molar-refractivity contribution in [2.45, 2.75) is 17.7 Å². The molecule has 0 spiro atoms. The van der Waals surface area contributed by atoms with Gasteiger partial charge in [0, 0.05) is 27.8 Å². The maximum Gasteiger partial charge on any atom is 0.257 e. The number of fused-ring (bicyclic) bond motifs is 1. The van der Waals surface area contributed by atoms with E-state index < -0.39 is 0 Å². The number of carbonyl (C=O) groups excluding carboxylic acids is 2. The largest absolute Gasteiger partial charge is 0.322 e. The van der Waals surface area contributed by atoms with Crippen LogP contribution in [-0.4, -0.2) is 24.1 Å². The van der Waals surface area contributed by atoms with Crippen LogP contribution in [0.4, 0.5) is 11.4 Å². The van der Waals surface area contributed by atoms with Crippen LogP contribution in [0.1, 0.15) is 22.3 Å². The van der Waals surface area contributed by atoms with Gasteiger partial charge < -0.3 is 10.2 Å².